The normalized spacial score (nSPS) is 15.5. The largest absolute Gasteiger partial charge is 0.0617 e. The molecule has 0 amide bonds. The van der Waals surface area contributed by atoms with Gasteiger partial charge in [0.25, 0.3) is 0 Å². The van der Waals surface area contributed by atoms with Gasteiger partial charge in [-0.1, -0.05) is 126 Å². The van der Waals surface area contributed by atoms with Crippen molar-refractivity contribution >= 4 is 12.2 Å². The number of hydrogen-bond donors (Lipinski definition) is 0. The highest BCUT2D eigenvalue weighted by Crippen LogP contribution is 2.34. The Morgan fingerprint density at radius 2 is 0.690 bits per heavy atom. The standard InChI is InChI=1S/C42H48/c1-41(2,3)37-25-33-17-13-29-9-7-10-30(23-29)14-18-34(26-37)39(33)21-22-40-35-19-15-31-11-8-12-32(24-31)16-20-36(40)28-38(27-35)42(4,5)6/h7-12,21-28H,13-20H2,1-6H3/b22-21-. The summed E-state index contributed by atoms with van der Waals surface area (Å²) in [5.74, 6) is 0. The summed E-state index contributed by atoms with van der Waals surface area (Å²) in [5, 5.41) is 0. The lowest BCUT2D eigenvalue weighted by Gasteiger charge is -2.25. The minimum atomic E-state index is 0.136. The maximum atomic E-state index is 2.52. The van der Waals surface area contributed by atoms with Gasteiger partial charge in [-0.2, -0.15) is 0 Å². The van der Waals surface area contributed by atoms with Crippen LogP contribution in [-0.2, 0) is 62.2 Å². The predicted molar refractivity (Wildman–Crippen MR) is 182 cm³/mol. The van der Waals surface area contributed by atoms with Crippen molar-refractivity contribution < 1.29 is 0 Å². The third kappa shape index (κ3) is 6.34. The first kappa shape index (κ1) is 28.7. The van der Waals surface area contributed by atoms with E-state index in [1.54, 1.807) is 0 Å². The van der Waals surface area contributed by atoms with Gasteiger partial charge >= 0.3 is 0 Å². The van der Waals surface area contributed by atoms with Crippen LogP contribution in [0.5, 0.6) is 0 Å². The SMILES string of the molecule is CC(C)(C)c1cc2c(/C=C\c3c4cc(C(C)(C)C)cc3CCc3cccc(c3)CC4)c(c1)CCc1cccc(c1)CC2. The summed E-state index contributed by atoms with van der Waals surface area (Å²) >= 11 is 0. The van der Waals surface area contributed by atoms with Gasteiger partial charge in [0.05, 0.1) is 0 Å². The predicted octanol–water partition coefficient (Wildman–Crippen LogP) is 10.2. The van der Waals surface area contributed by atoms with Crippen LogP contribution in [0.3, 0.4) is 0 Å². The molecule has 0 N–H and O–H groups in total. The van der Waals surface area contributed by atoms with Crippen LogP contribution < -0.4 is 0 Å². The molecule has 0 heterocycles. The van der Waals surface area contributed by atoms with Crippen molar-refractivity contribution in [2.24, 2.45) is 0 Å². The van der Waals surface area contributed by atoms with Gasteiger partial charge < -0.3 is 0 Å². The summed E-state index contributed by atoms with van der Waals surface area (Å²) in [6, 6.07) is 28.7. The van der Waals surface area contributed by atoms with Gasteiger partial charge in [-0.15, -0.1) is 0 Å². The molecule has 0 saturated carbocycles. The molecular weight excluding hydrogens is 504 g/mol. The van der Waals surface area contributed by atoms with Crippen molar-refractivity contribution in [3.8, 4) is 0 Å². The van der Waals surface area contributed by atoms with Crippen LogP contribution in [0.25, 0.3) is 12.2 Å². The first-order chi connectivity index (χ1) is 20.0. The lowest BCUT2D eigenvalue weighted by atomic mass is 9.79. The molecule has 0 aliphatic heterocycles. The molecule has 2 aliphatic carbocycles. The van der Waals surface area contributed by atoms with Crippen molar-refractivity contribution in [3.05, 3.63) is 140 Å². The molecular formula is C42H48. The maximum Gasteiger partial charge on any atom is -0.0132 e. The van der Waals surface area contributed by atoms with Crippen LogP contribution >= 0.6 is 0 Å². The van der Waals surface area contributed by atoms with E-state index in [0.717, 1.165) is 51.4 Å². The van der Waals surface area contributed by atoms with Crippen molar-refractivity contribution in [1.82, 2.24) is 0 Å². The molecule has 216 valence electrons. The number of aryl methyl sites for hydroxylation is 8. The van der Waals surface area contributed by atoms with Crippen LogP contribution in [0.15, 0.2) is 72.8 Å². The topological polar surface area (TPSA) is 0 Å². The van der Waals surface area contributed by atoms with Crippen molar-refractivity contribution in [2.45, 2.75) is 104 Å². The minimum absolute atomic E-state index is 0.136. The summed E-state index contributed by atoms with van der Waals surface area (Å²) < 4.78 is 0. The fourth-order valence-electron chi connectivity index (χ4n) is 6.84. The monoisotopic (exact) mass is 552 g/mol. The Morgan fingerprint density at radius 3 is 0.952 bits per heavy atom. The molecule has 0 saturated heterocycles. The smallest absolute Gasteiger partial charge is 0.0132 e. The quantitative estimate of drug-likeness (QED) is 0.217. The molecule has 42 heavy (non-hydrogen) atoms. The molecule has 0 spiro atoms. The second-order valence-corrected chi connectivity index (χ2v) is 14.9. The third-order valence-corrected chi connectivity index (χ3v) is 9.57. The Balaban J connectivity index is 1.47. The van der Waals surface area contributed by atoms with E-state index in [9.17, 15) is 0 Å². The highest BCUT2D eigenvalue weighted by Gasteiger charge is 2.21. The van der Waals surface area contributed by atoms with Crippen molar-refractivity contribution in [2.75, 3.05) is 0 Å². The molecule has 0 fully saturated rings. The fraction of sp³-hybridized carbons (Fsp3) is 0.381. The lowest BCUT2D eigenvalue weighted by molar-refractivity contribution is 0.587. The Labute approximate surface area is 254 Å². The summed E-state index contributed by atoms with van der Waals surface area (Å²) in [6.45, 7) is 14.1. The van der Waals surface area contributed by atoms with E-state index in [2.05, 4.69) is 126 Å². The summed E-state index contributed by atoms with van der Waals surface area (Å²) in [5.41, 5.74) is 18.0. The highest BCUT2D eigenvalue weighted by atomic mass is 14.3. The van der Waals surface area contributed by atoms with Crippen LogP contribution in [-0.4, -0.2) is 0 Å². The van der Waals surface area contributed by atoms with Gasteiger partial charge in [-0.3, -0.25) is 0 Å². The van der Waals surface area contributed by atoms with Gasteiger partial charge in [0.15, 0.2) is 0 Å². The number of fused-ring (bicyclic) bond motifs is 8. The first-order valence-electron chi connectivity index (χ1n) is 16.2. The highest BCUT2D eigenvalue weighted by molar-refractivity contribution is 5.76. The minimum Gasteiger partial charge on any atom is -0.0617 e. The van der Waals surface area contributed by atoms with E-state index in [-0.39, 0.29) is 10.8 Å². The second-order valence-electron chi connectivity index (χ2n) is 14.9. The first-order valence-corrected chi connectivity index (χ1v) is 16.2. The van der Waals surface area contributed by atoms with Gasteiger partial charge in [0.1, 0.15) is 0 Å². The molecule has 0 heteroatoms. The fourth-order valence-corrected chi connectivity index (χ4v) is 6.84. The molecule has 4 aromatic rings. The summed E-state index contributed by atoms with van der Waals surface area (Å²) in [4.78, 5) is 0. The van der Waals surface area contributed by atoms with Crippen LogP contribution in [0, 0.1) is 0 Å². The Morgan fingerprint density at radius 1 is 0.405 bits per heavy atom. The Hall–Kier alpha value is -3.38. The lowest BCUT2D eigenvalue weighted by Crippen LogP contribution is -2.15. The third-order valence-electron chi connectivity index (χ3n) is 9.57. The summed E-state index contributed by atoms with van der Waals surface area (Å²) in [6.07, 6.45) is 13.7. The number of hydrogen-bond acceptors (Lipinski definition) is 0. The number of rotatable bonds is 2. The maximum absolute atomic E-state index is 2.52. The molecule has 6 rings (SSSR count). The van der Waals surface area contributed by atoms with E-state index >= 15 is 0 Å². The van der Waals surface area contributed by atoms with E-state index < -0.39 is 0 Å². The van der Waals surface area contributed by atoms with Gasteiger partial charge in [-0.05, 0) is 129 Å². The second kappa shape index (κ2) is 11.4. The zero-order valence-corrected chi connectivity index (χ0v) is 26.7. The van der Waals surface area contributed by atoms with Crippen LogP contribution in [0.1, 0.15) is 108 Å². The average molecular weight is 553 g/mol. The van der Waals surface area contributed by atoms with Crippen LogP contribution in [0.2, 0.25) is 0 Å². The van der Waals surface area contributed by atoms with E-state index in [0.29, 0.717) is 0 Å². The zero-order valence-electron chi connectivity index (χ0n) is 26.7. The molecule has 0 aromatic heterocycles. The van der Waals surface area contributed by atoms with Crippen molar-refractivity contribution in [1.29, 1.82) is 0 Å². The average Bonchev–Trinajstić information content (AvgIpc) is 2.94. The van der Waals surface area contributed by atoms with Gasteiger partial charge in [0, 0.05) is 0 Å². The molecule has 0 nitrogen and oxygen atoms in total. The Bertz CT molecular complexity index is 1420. The molecule has 4 aromatic carbocycles. The van der Waals surface area contributed by atoms with Gasteiger partial charge in [-0.25, -0.2) is 0 Å². The molecule has 0 radical (unpaired) electrons. The molecule has 8 bridgehead atoms. The summed E-state index contributed by atoms with van der Waals surface area (Å²) in [7, 11) is 0. The Kier molecular flexibility index (Phi) is 7.77. The van der Waals surface area contributed by atoms with Crippen molar-refractivity contribution in [3.63, 3.8) is 0 Å². The van der Waals surface area contributed by atoms with E-state index in [1.165, 1.54) is 66.8 Å². The van der Waals surface area contributed by atoms with Crippen LogP contribution in [0.4, 0.5) is 0 Å². The van der Waals surface area contributed by atoms with E-state index in [1.807, 2.05) is 0 Å². The van der Waals surface area contributed by atoms with Gasteiger partial charge in [0.2, 0.25) is 0 Å². The zero-order chi connectivity index (χ0) is 29.5. The number of benzene rings is 4. The molecule has 2 aliphatic rings. The molecule has 0 unspecified atom stereocenters. The molecule has 0 atom stereocenters. The van der Waals surface area contributed by atoms with E-state index in [4.69, 9.17) is 0 Å².